The molecule has 4 aromatic rings. The topological polar surface area (TPSA) is 121 Å². The fourth-order valence-corrected chi connectivity index (χ4v) is 5.04. The van der Waals surface area contributed by atoms with E-state index in [1.807, 2.05) is 74.5 Å². The molecule has 8 N–H and O–H groups in total. The quantitative estimate of drug-likeness (QED) is 0.326. The van der Waals surface area contributed by atoms with Crippen molar-refractivity contribution in [2.75, 3.05) is 22.9 Å². The van der Waals surface area contributed by atoms with Crippen molar-refractivity contribution in [2.45, 2.75) is 23.6 Å². The summed E-state index contributed by atoms with van der Waals surface area (Å²) in [5.74, 6) is 0. The number of hydrogen-bond donors (Lipinski definition) is 4. The Bertz CT molecular complexity index is 1260. The summed E-state index contributed by atoms with van der Waals surface area (Å²) < 4.78 is 14.0. The average Bonchev–Trinajstić information content (AvgIpc) is 2.77. The van der Waals surface area contributed by atoms with E-state index >= 15 is 0 Å². The van der Waals surface area contributed by atoms with Gasteiger partial charge < -0.3 is 22.9 Å². The predicted octanol–water partition coefficient (Wildman–Crippen LogP) is 5.13. The second-order valence-electron chi connectivity index (χ2n) is 7.96. The summed E-state index contributed by atoms with van der Waals surface area (Å²) in [4.78, 5) is 1.40. The van der Waals surface area contributed by atoms with Crippen LogP contribution in [0.1, 0.15) is 11.1 Å². The highest BCUT2D eigenvalue weighted by molar-refractivity contribution is 7.85. The zero-order chi connectivity index (χ0) is 23.0. The van der Waals surface area contributed by atoms with E-state index in [9.17, 15) is 4.21 Å². The Balaban J connectivity index is 1.89. The van der Waals surface area contributed by atoms with Gasteiger partial charge >= 0.3 is 0 Å². The number of anilines is 4. The highest BCUT2D eigenvalue weighted by Gasteiger charge is 2.19. The highest BCUT2D eigenvalue weighted by Crippen LogP contribution is 2.37. The maximum absolute atomic E-state index is 14.0. The van der Waals surface area contributed by atoms with Crippen LogP contribution in [0.15, 0.2) is 82.6 Å². The maximum Gasteiger partial charge on any atom is 0.0862 e. The number of benzene rings is 4. The van der Waals surface area contributed by atoms with E-state index < -0.39 is 10.8 Å². The first-order valence-electron chi connectivity index (χ1n) is 10.2. The normalized spacial score (nSPS) is 11.1. The van der Waals surface area contributed by atoms with Crippen molar-refractivity contribution in [3.63, 3.8) is 0 Å². The number of aryl methyl sites for hydroxylation is 2. The minimum atomic E-state index is -1.46. The lowest BCUT2D eigenvalue weighted by Gasteiger charge is -2.16. The molecule has 0 saturated carbocycles. The molecule has 0 fully saturated rings. The van der Waals surface area contributed by atoms with E-state index in [2.05, 4.69) is 0 Å². The third-order valence-corrected chi connectivity index (χ3v) is 6.98. The Morgan fingerprint density at radius 2 is 0.938 bits per heavy atom. The van der Waals surface area contributed by atoms with Crippen molar-refractivity contribution in [1.29, 1.82) is 0 Å². The monoisotopic (exact) mass is 442 g/mol. The predicted molar refractivity (Wildman–Crippen MR) is 136 cm³/mol. The molecule has 0 aromatic heterocycles. The molecule has 0 bridgehead atoms. The molecular formula is C26H26N4OS. The SMILES string of the molecule is Cc1ccc(S(=O)c2ccc(C)cc2-c2ccc(N)c(N)c2)c(-c2ccc(N)c(N)c2)c1. The second kappa shape index (κ2) is 8.40. The Hall–Kier alpha value is -3.77. The number of rotatable bonds is 4. The molecule has 0 amide bonds. The van der Waals surface area contributed by atoms with E-state index in [0.29, 0.717) is 32.5 Å². The van der Waals surface area contributed by atoms with E-state index in [1.165, 1.54) is 0 Å². The molecule has 0 atom stereocenters. The minimum absolute atomic E-state index is 0.495. The van der Waals surface area contributed by atoms with Crippen molar-refractivity contribution in [2.24, 2.45) is 0 Å². The van der Waals surface area contributed by atoms with Gasteiger partial charge in [0.2, 0.25) is 0 Å². The average molecular weight is 443 g/mol. The van der Waals surface area contributed by atoms with Gasteiger partial charge in [-0.05, 0) is 72.5 Å². The molecule has 0 saturated heterocycles. The first kappa shape index (κ1) is 21.5. The lowest BCUT2D eigenvalue weighted by Crippen LogP contribution is -2.01. The maximum atomic E-state index is 14.0. The smallest absolute Gasteiger partial charge is 0.0862 e. The molecule has 0 heterocycles. The van der Waals surface area contributed by atoms with Crippen LogP contribution in [0.5, 0.6) is 0 Å². The summed E-state index contributed by atoms with van der Waals surface area (Å²) in [5, 5.41) is 0. The summed E-state index contributed by atoms with van der Waals surface area (Å²) in [6.45, 7) is 4.01. The van der Waals surface area contributed by atoms with Gasteiger partial charge in [-0.2, -0.15) is 0 Å². The molecule has 0 spiro atoms. The Labute approximate surface area is 190 Å². The molecular weight excluding hydrogens is 416 g/mol. The van der Waals surface area contributed by atoms with Crippen LogP contribution < -0.4 is 22.9 Å². The first-order chi connectivity index (χ1) is 15.2. The summed E-state index contributed by atoms with van der Waals surface area (Å²) in [6.07, 6.45) is 0. The third-order valence-electron chi connectivity index (χ3n) is 5.47. The summed E-state index contributed by atoms with van der Waals surface area (Å²) >= 11 is 0. The number of nitrogen functional groups attached to an aromatic ring is 4. The molecule has 6 heteroatoms. The van der Waals surface area contributed by atoms with Crippen LogP contribution in [0, 0.1) is 13.8 Å². The van der Waals surface area contributed by atoms with Gasteiger partial charge in [-0.15, -0.1) is 0 Å². The fourth-order valence-electron chi connectivity index (χ4n) is 3.67. The van der Waals surface area contributed by atoms with Crippen LogP contribution in [0.2, 0.25) is 0 Å². The van der Waals surface area contributed by atoms with Gasteiger partial charge in [-0.3, -0.25) is 0 Å². The van der Waals surface area contributed by atoms with Gasteiger partial charge in [0.15, 0.2) is 0 Å². The molecule has 4 aromatic carbocycles. The van der Waals surface area contributed by atoms with E-state index in [1.54, 1.807) is 12.1 Å². The van der Waals surface area contributed by atoms with Crippen LogP contribution in [-0.2, 0) is 10.8 Å². The second-order valence-corrected chi connectivity index (χ2v) is 9.37. The standard InChI is InChI=1S/C26H26N4OS/c1-15-3-9-25(19(11-15)17-5-7-21(27)23(29)13-17)32(31)26-10-4-16(2)12-20(26)18-6-8-22(28)24(30)14-18/h3-14H,27-30H2,1-2H3. The van der Waals surface area contributed by atoms with Gasteiger partial charge in [0.25, 0.3) is 0 Å². The van der Waals surface area contributed by atoms with Crippen LogP contribution >= 0.6 is 0 Å². The van der Waals surface area contributed by atoms with E-state index in [-0.39, 0.29) is 0 Å². The first-order valence-corrected chi connectivity index (χ1v) is 11.3. The van der Waals surface area contributed by atoms with E-state index in [0.717, 1.165) is 33.4 Å². The minimum Gasteiger partial charge on any atom is -0.397 e. The van der Waals surface area contributed by atoms with Gasteiger partial charge in [0.1, 0.15) is 0 Å². The van der Waals surface area contributed by atoms with Crippen molar-refractivity contribution in [1.82, 2.24) is 0 Å². The van der Waals surface area contributed by atoms with Gasteiger partial charge in [0.05, 0.1) is 43.3 Å². The molecule has 0 aliphatic carbocycles. The molecule has 0 unspecified atom stereocenters. The van der Waals surface area contributed by atoms with Crippen LogP contribution in [0.4, 0.5) is 22.7 Å². The summed E-state index contributed by atoms with van der Waals surface area (Å²) in [5.41, 5.74) is 31.5. The zero-order valence-corrected chi connectivity index (χ0v) is 18.9. The molecule has 5 nitrogen and oxygen atoms in total. The Kier molecular flexibility index (Phi) is 5.63. The molecule has 32 heavy (non-hydrogen) atoms. The van der Waals surface area contributed by atoms with Crippen molar-refractivity contribution < 1.29 is 4.21 Å². The Morgan fingerprint density at radius 3 is 1.31 bits per heavy atom. The van der Waals surface area contributed by atoms with Gasteiger partial charge in [-0.1, -0.05) is 47.5 Å². The third kappa shape index (κ3) is 4.05. The number of hydrogen-bond acceptors (Lipinski definition) is 5. The fraction of sp³-hybridized carbons (Fsp3) is 0.0769. The van der Waals surface area contributed by atoms with Crippen molar-refractivity contribution in [3.05, 3.63) is 83.9 Å². The van der Waals surface area contributed by atoms with Crippen LogP contribution in [0.3, 0.4) is 0 Å². The molecule has 162 valence electrons. The molecule has 4 rings (SSSR count). The molecule has 0 aliphatic heterocycles. The summed E-state index contributed by atoms with van der Waals surface area (Å²) in [7, 11) is -1.46. The summed E-state index contributed by atoms with van der Waals surface area (Å²) in [6, 6.07) is 22.8. The lowest BCUT2D eigenvalue weighted by atomic mass is 10.0. The van der Waals surface area contributed by atoms with Gasteiger partial charge in [-0.25, -0.2) is 4.21 Å². The van der Waals surface area contributed by atoms with Crippen LogP contribution in [-0.4, -0.2) is 4.21 Å². The highest BCUT2D eigenvalue weighted by atomic mass is 32.2. The zero-order valence-electron chi connectivity index (χ0n) is 18.1. The van der Waals surface area contributed by atoms with Crippen molar-refractivity contribution in [3.8, 4) is 22.3 Å². The largest absolute Gasteiger partial charge is 0.397 e. The Morgan fingerprint density at radius 1 is 0.531 bits per heavy atom. The number of nitrogens with two attached hydrogens (primary N) is 4. The van der Waals surface area contributed by atoms with Crippen LogP contribution in [0.25, 0.3) is 22.3 Å². The van der Waals surface area contributed by atoms with E-state index in [4.69, 9.17) is 22.9 Å². The van der Waals surface area contributed by atoms with Crippen molar-refractivity contribution >= 4 is 33.5 Å². The molecule has 0 radical (unpaired) electrons. The lowest BCUT2D eigenvalue weighted by molar-refractivity contribution is 0.683. The van der Waals surface area contributed by atoms with Gasteiger partial charge in [0, 0.05) is 0 Å². The molecule has 0 aliphatic rings.